The van der Waals surface area contributed by atoms with Crippen LogP contribution in [0.2, 0.25) is 0 Å². The molecule has 0 aliphatic carbocycles. The number of hydrogen-bond acceptors (Lipinski definition) is 2. The molecule has 0 atom stereocenters. The Labute approximate surface area is 70.8 Å². The minimum Gasteiger partial charge on any atom is -0.398 e. The van der Waals surface area contributed by atoms with E-state index in [1.54, 1.807) is 0 Å². The number of nitrogens with zero attached hydrogens (tertiary/aromatic N) is 2. The van der Waals surface area contributed by atoms with Gasteiger partial charge < -0.3 is 10.1 Å². The predicted octanol–water partition coefficient (Wildman–Crippen LogP) is 1.53. The van der Waals surface area contributed by atoms with E-state index in [9.17, 15) is 0 Å². The van der Waals surface area contributed by atoms with E-state index in [0.717, 1.165) is 22.6 Å². The molecule has 3 nitrogen and oxygen atoms in total. The fraction of sp³-hybridized carbons (Fsp3) is 0.222. The molecule has 2 N–H and O–H groups in total. The molecule has 0 aliphatic rings. The zero-order valence-electron chi connectivity index (χ0n) is 7.20. The first kappa shape index (κ1) is 7.16. The number of nitrogen functional groups attached to an aromatic ring is 1. The maximum absolute atomic E-state index is 5.70. The Morgan fingerprint density at radius 1 is 1.42 bits per heavy atom. The van der Waals surface area contributed by atoms with Crippen LogP contribution in [0.25, 0.3) is 5.65 Å². The van der Waals surface area contributed by atoms with Crippen molar-refractivity contribution in [2.24, 2.45) is 0 Å². The lowest BCUT2D eigenvalue weighted by molar-refractivity contribution is 1.10. The first-order valence-electron chi connectivity index (χ1n) is 3.88. The molecular formula is C9H11N3. The number of hydrogen-bond donors (Lipinski definition) is 1. The summed E-state index contributed by atoms with van der Waals surface area (Å²) in [5, 5.41) is 0. The molecule has 62 valence electrons. The molecule has 0 fully saturated rings. The lowest BCUT2D eigenvalue weighted by Crippen LogP contribution is -1.94. The molecule has 2 heterocycles. The number of aromatic nitrogens is 2. The van der Waals surface area contributed by atoms with Crippen LogP contribution in [0.15, 0.2) is 18.5 Å². The van der Waals surface area contributed by atoms with Crippen molar-refractivity contribution in [2.75, 3.05) is 5.73 Å². The van der Waals surface area contributed by atoms with E-state index in [1.807, 2.05) is 36.7 Å². The molecule has 0 saturated heterocycles. The van der Waals surface area contributed by atoms with Crippen LogP contribution in [0, 0.1) is 13.8 Å². The summed E-state index contributed by atoms with van der Waals surface area (Å²) < 4.78 is 2.00. The lowest BCUT2D eigenvalue weighted by Gasteiger charge is -2.01. The topological polar surface area (TPSA) is 43.3 Å². The number of fused-ring (bicyclic) bond motifs is 1. The third-order valence-electron chi connectivity index (χ3n) is 2.00. The molecule has 2 aromatic rings. The number of anilines is 1. The highest BCUT2D eigenvalue weighted by atomic mass is 15.0. The molecule has 0 bridgehead atoms. The second-order valence-corrected chi connectivity index (χ2v) is 3.05. The van der Waals surface area contributed by atoms with Crippen LogP contribution in [-0.4, -0.2) is 9.38 Å². The molecule has 3 heteroatoms. The maximum atomic E-state index is 5.70. The second-order valence-electron chi connectivity index (χ2n) is 3.05. The first-order valence-corrected chi connectivity index (χ1v) is 3.88. The molecule has 0 aliphatic heterocycles. The van der Waals surface area contributed by atoms with Gasteiger partial charge in [-0.25, -0.2) is 4.98 Å². The quantitative estimate of drug-likeness (QED) is 0.636. The third kappa shape index (κ3) is 0.863. The van der Waals surface area contributed by atoms with E-state index in [1.165, 1.54) is 0 Å². The second kappa shape index (κ2) is 2.24. The van der Waals surface area contributed by atoms with Gasteiger partial charge in [0.05, 0.1) is 0 Å². The van der Waals surface area contributed by atoms with Gasteiger partial charge in [-0.15, -0.1) is 0 Å². The van der Waals surface area contributed by atoms with E-state index in [4.69, 9.17) is 5.73 Å². The average Bonchev–Trinajstić information content (AvgIpc) is 2.33. The molecule has 0 amide bonds. The molecule has 12 heavy (non-hydrogen) atoms. The van der Waals surface area contributed by atoms with Gasteiger partial charge in [-0.05, 0) is 25.5 Å². The van der Waals surface area contributed by atoms with Gasteiger partial charge in [-0.2, -0.15) is 0 Å². The first-order chi connectivity index (χ1) is 5.68. The van der Waals surface area contributed by atoms with Crippen molar-refractivity contribution >= 4 is 11.3 Å². The van der Waals surface area contributed by atoms with E-state index in [-0.39, 0.29) is 0 Å². The Morgan fingerprint density at radius 2 is 2.17 bits per heavy atom. The molecular weight excluding hydrogens is 150 g/mol. The van der Waals surface area contributed by atoms with E-state index in [0.29, 0.717) is 0 Å². The van der Waals surface area contributed by atoms with Crippen LogP contribution < -0.4 is 5.73 Å². The molecule has 2 aromatic heterocycles. The SMILES string of the molecule is Cc1cc(N)cn2c(C)cnc12. The van der Waals surface area contributed by atoms with E-state index < -0.39 is 0 Å². The zero-order chi connectivity index (χ0) is 8.72. The lowest BCUT2D eigenvalue weighted by atomic mass is 10.3. The van der Waals surface area contributed by atoms with Gasteiger partial charge in [-0.1, -0.05) is 0 Å². The van der Waals surface area contributed by atoms with Gasteiger partial charge in [0.2, 0.25) is 0 Å². The number of pyridine rings is 1. The smallest absolute Gasteiger partial charge is 0.139 e. The fourth-order valence-corrected chi connectivity index (χ4v) is 1.40. The van der Waals surface area contributed by atoms with Crippen molar-refractivity contribution in [3.63, 3.8) is 0 Å². The molecule has 0 unspecified atom stereocenters. The predicted molar refractivity (Wildman–Crippen MR) is 49.1 cm³/mol. The average molecular weight is 161 g/mol. The summed E-state index contributed by atoms with van der Waals surface area (Å²) in [4.78, 5) is 4.27. The van der Waals surface area contributed by atoms with Crippen LogP contribution in [0.3, 0.4) is 0 Å². The largest absolute Gasteiger partial charge is 0.398 e. The van der Waals surface area contributed by atoms with Crippen LogP contribution >= 0.6 is 0 Å². The van der Waals surface area contributed by atoms with Gasteiger partial charge >= 0.3 is 0 Å². The van der Waals surface area contributed by atoms with E-state index in [2.05, 4.69) is 4.98 Å². The Hall–Kier alpha value is -1.51. The molecule has 0 aromatic carbocycles. The summed E-state index contributed by atoms with van der Waals surface area (Å²) in [5.74, 6) is 0. The highest BCUT2D eigenvalue weighted by Gasteiger charge is 2.01. The van der Waals surface area contributed by atoms with Gasteiger partial charge in [0.25, 0.3) is 0 Å². The summed E-state index contributed by atoms with van der Waals surface area (Å²) in [5.41, 5.74) is 9.70. The summed E-state index contributed by atoms with van der Waals surface area (Å²) in [7, 11) is 0. The van der Waals surface area contributed by atoms with Crippen molar-refractivity contribution < 1.29 is 0 Å². The summed E-state index contributed by atoms with van der Waals surface area (Å²) in [6, 6.07) is 1.93. The Kier molecular flexibility index (Phi) is 1.33. The van der Waals surface area contributed by atoms with Crippen molar-refractivity contribution in [3.8, 4) is 0 Å². The number of rotatable bonds is 0. The Morgan fingerprint density at radius 3 is 2.92 bits per heavy atom. The number of nitrogens with two attached hydrogens (primary N) is 1. The monoisotopic (exact) mass is 161 g/mol. The van der Waals surface area contributed by atoms with Crippen LogP contribution in [-0.2, 0) is 0 Å². The number of aryl methyl sites for hydroxylation is 2. The van der Waals surface area contributed by atoms with Crippen LogP contribution in [0.5, 0.6) is 0 Å². The minimum absolute atomic E-state index is 0.779. The van der Waals surface area contributed by atoms with E-state index >= 15 is 0 Å². The zero-order valence-corrected chi connectivity index (χ0v) is 7.20. The highest BCUT2D eigenvalue weighted by molar-refractivity contribution is 5.55. The summed E-state index contributed by atoms with van der Waals surface area (Å²) >= 11 is 0. The van der Waals surface area contributed by atoms with Crippen molar-refractivity contribution in [1.82, 2.24) is 9.38 Å². The van der Waals surface area contributed by atoms with Crippen molar-refractivity contribution in [1.29, 1.82) is 0 Å². The van der Waals surface area contributed by atoms with Crippen LogP contribution in [0.4, 0.5) is 5.69 Å². The minimum atomic E-state index is 0.779. The van der Waals surface area contributed by atoms with Gasteiger partial charge in [-0.3, -0.25) is 0 Å². The number of imidazole rings is 1. The summed E-state index contributed by atoms with van der Waals surface area (Å²) in [6.45, 7) is 4.02. The normalized spacial score (nSPS) is 10.8. The fourth-order valence-electron chi connectivity index (χ4n) is 1.40. The Bertz CT molecular complexity index is 429. The third-order valence-corrected chi connectivity index (χ3v) is 2.00. The molecule has 0 saturated carbocycles. The van der Waals surface area contributed by atoms with Crippen LogP contribution in [0.1, 0.15) is 11.3 Å². The summed E-state index contributed by atoms with van der Waals surface area (Å²) in [6.07, 6.45) is 3.74. The van der Waals surface area contributed by atoms with Crippen molar-refractivity contribution in [2.45, 2.75) is 13.8 Å². The van der Waals surface area contributed by atoms with Gasteiger partial charge in [0.1, 0.15) is 5.65 Å². The van der Waals surface area contributed by atoms with Gasteiger partial charge in [0, 0.05) is 23.8 Å². The Balaban J connectivity index is 2.92. The molecule has 2 rings (SSSR count). The highest BCUT2D eigenvalue weighted by Crippen LogP contribution is 2.14. The standard InChI is InChI=1S/C9H11N3/c1-6-3-8(10)5-12-7(2)4-11-9(6)12/h3-5H,10H2,1-2H3. The maximum Gasteiger partial charge on any atom is 0.139 e. The molecule has 0 spiro atoms. The molecule has 0 radical (unpaired) electrons. The van der Waals surface area contributed by atoms with Gasteiger partial charge in [0.15, 0.2) is 0 Å². The van der Waals surface area contributed by atoms with Crippen molar-refractivity contribution in [3.05, 3.63) is 29.7 Å².